The Kier molecular flexibility index (Phi) is 1.45. The maximum Gasteiger partial charge on any atom is 0.417 e. The predicted molar refractivity (Wildman–Crippen MR) is 45.4 cm³/mol. The summed E-state index contributed by atoms with van der Waals surface area (Å²) in [4.78, 5) is 24.1. The van der Waals surface area contributed by atoms with Crippen LogP contribution in [0.2, 0.25) is 0 Å². The quantitative estimate of drug-likeness (QED) is 0.654. The van der Waals surface area contributed by atoms with E-state index in [1.165, 1.54) is 6.07 Å². The summed E-state index contributed by atoms with van der Waals surface area (Å²) < 4.78 is 4.75. The highest BCUT2D eigenvalue weighted by Gasteiger charge is 2.10. The standard InChI is InChI=1S/C8H6N2O3/c9-7(11)4-2-1-3-5-6(4)13-8(12)10-5/h1-3H,(H2,9,11)(H,10,12). The lowest BCUT2D eigenvalue weighted by atomic mass is 10.2. The molecule has 2 aromatic rings. The van der Waals surface area contributed by atoms with Crippen LogP contribution >= 0.6 is 0 Å². The van der Waals surface area contributed by atoms with Crippen molar-refractivity contribution in [2.24, 2.45) is 5.73 Å². The van der Waals surface area contributed by atoms with Crippen LogP contribution in [0.3, 0.4) is 0 Å². The second-order valence-corrected chi connectivity index (χ2v) is 2.56. The Morgan fingerprint density at radius 1 is 1.46 bits per heavy atom. The molecular weight excluding hydrogens is 172 g/mol. The number of aromatic nitrogens is 1. The van der Waals surface area contributed by atoms with Crippen LogP contribution in [0.15, 0.2) is 27.4 Å². The van der Waals surface area contributed by atoms with E-state index in [-0.39, 0.29) is 11.1 Å². The molecule has 0 aliphatic rings. The number of carbonyl (C=O) groups is 1. The summed E-state index contributed by atoms with van der Waals surface area (Å²) in [6.45, 7) is 0. The van der Waals surface area contributed by atoms with Crippen molar-refractivity contribution in [3.8, 4) is 0 Å². The van der Waals surface area contributed by atoms with Gasteiger partial charge in [-0.3, -0.25) is 9.78 Å². The van der Waals surface area contributed by atoms with E-state index in [1.807, 2.05) is 0 Å². The lowest BCUT2D eigenvalue weighted by molar-refractivity contribution is 0.100. The van der Waals surface area contributed by atoms with Crippen molar-refractivity contribution in [3.05, 3.63) is 34.3 Å². The first-order chi connectivity index (χ1) is 6.18. The van der Waals surface area contributed by atoms with Crippen LogP contribution in [0, 0.1) is 0 Å². The predicted octanol–water partition coefficient (Wildman–Crippen LogP) is 0.220. The summed E-state index contributed by atoms with van der Waals surface area (Å²) in [6, 6.07) is 4.75. The Hall–Kier alpha value is -2.04. The average Bonchev–Trinajstić information content (AvgIpc) is 2.43. The molecule has 1 amide bonds. The lowest BCUT2D eigenvalue weighted by Crippen LogP contribution is -2.10. The summed E-state index contributed by atoms with van der Waals surface area (Å²) in [5.74, 6) is -1.21. The smallest absolute Gasteiger partial charge is 0.407 e. The van der Waals surface area contributed by atoms with Gasteiger partial charge in [0.25, 0.3) is 5.91 Å². The Labute approximate surface area is 72.2 Å². The minimum absolute atomic E-state index is 0.204. The number of aromatic amines is 1. The molecule has 0 saturated heterocycles. The van der Waals surface area contributed by atoms with E-state index in [9.17, 15) is 9.59 Å². The van der Waals surface area contributed by atoms with E-state index in [0.29, 0.717) is 5.52 Å². The van der Waals surface area contributed by atoms with Gasteiger partial charge in [0.1, 0.15) is 0 Å². The van der Waals surface area contributed by atoms with Crippen molar-refractivity contribution in [1.82, 2.24) is 4.98 Å². The number of carbonyl (C=O) groups excluding carboxylic acids is 1. The maximum atomic E-state index is 10.9. The van der Waals surface area contributed by atoms with Crippen molar-refractivity contribution >= 4 is 17.0 Å². The van der Waals surface area contributed by atoms with Crippen LogP contribution < -0.4 is 11.5 Å². The zero-order valence-corrected chi connectivity index (χ0v) is 6.53. The second-order valence-electron chi connectivity index (χ2n) is 2.56. The first-order valence-corrected chi connectivity index (χ1v) is 3.60. The molecule has 2 rings (SSSR count). The van der Waals surface area contributed by atoms with Gasteiger partial charge in [-0.15, -0.1) is 0 Å². The number of amides is 1. The number of H-pyrrole nitrogens is 1. The summed E-state index contributed by atoms with van der Waals surface area (Å²) in [6.07, 6.45) is 0. The summed E-state index contributed by atoms with van der Waals surface area (Å²) in [5, 5.41) is 0. The largest absolute Gasteiger partial charge is 0.417 e. The fourth-order valence-corrected chi connectivity index (χ4v) is 1.17. The molecule has 66 valence electrons. The molecule has 0 fully saturated rings. The van der Waals surface area contributed by atoms with Gasteiger partial charge in [-0.2, -0.15) is 0 Å². The zero-order valence-electron chi connectivity index (χ0n) is 6.53. The molecule has 1 heterocycles. The van der Waals surface area contributed by atoms with Crippen LogP contribution in [-0.4, -0.2) is 10.9 Å². The third kappa shape index (κ3) is 1.10. The molecule has 0 aliphatic carbocycles. The van der Waals surface area contributed by atoms with Gasteiger partial charge >= 0.3 is 5.76 Å². The van der Waals surface area contributed by atoms with Crippen molar-refractivity contribution in [2.45, 2.75) is 0 Å². The number of primary amides is 1. The molecule has 0 saturated carbocycles. The number of rotatable bonds is 1. The van der Waals surface area contributed by atoms with Crippen LogP contribution in [0.4, 0.5) is 0 Å². The molecular formula is C8H6N2O3. The molecule has 0 radical (unpaired) electrons. The Balaban J connectivity index is 2.90. The van der Waals surface area contributed by atoms with Gasteiger partial charge in [-0.25, -0.2) is 4.79 Å². The fourth-order valence-electron chi connectivity index (χ4n) is 1.17. The van der Waals surface area contributed by atoms with E-state index < -0.39 is 11.7 Å². The Bertz CT molecular complexity index is 523. The number of fused-ring (bicyclic) bond motifs is 1. The molecule has 0 atom stereocenters. The molecule has 0 aliphatic heterocycles. The van der Waals surface area contributed by atoms with Crippen LogP contribution in [-0.2, 0) is 0 Å². The Morgan fingerprint density at radius 2 is 2.23 bits per heavy atom. The summed E-state index contributed by atoms with van der Waals surface area (Å²) >= 11 is 0. The molecule has 1 aromatic heterocycles. The molecule has 13 heavy (non-hydrogen) atoms. The number of benzene rings is 1. The van der Waals surface area contributed by atoms with Gasteiger partial charge in [0.2, 0.25) is 0 Å². The third-order valence-electron chi connectivity index (χ3n) is 1.71. The number of oxazole rings is 1. The van der Waals surface area contributed by atoms with Crippen molar-refractivity contribution in [1.29, 1.82) is 0 Å². The molecule has 0 unspecified atom stereocenters. The van der Waals surface area contributed by atoms with E-state index in [2.05, 4.69) is 4.98 Å². The molecule has 5 heteroatoms. The molecule has 0 spiro atoms. The van der Waals surface area contributed by atoms with Gasteiger partial charge in [-0.05, 0) is 12.1 Å². The van der Waals surface area contributed by atoms with Gasteiger partial charge in [0.05, 0.1) is 11.1 Å². The summed E-state index contributed by atoms with van der Waals surface area (Å²) in [5.41, 5.74) is 5.96. The van der Waals surface area contributed by atoms with Crippen LogP contribution in [0.25, 0.3) is 11.1 Å². The average molecular weight is 178 g/mol. The second kappa shape index (κ2) is 2.48. The van der Waals surface area contributed by atoms with Gasteiger partial charge in [0.15, 0.2) is 5.58 Å². The molecule has 3 N–H and O–H groups in total. The van der Waals surface area contributed by atoms with Crippen LogP contribution in [0.5, 0.6) is 0 Å². The third-order valence-corrected chi connectivity index (χ3v) is 1.71. The highest BCUT2D eigenvalue weighted by Crippen LogP contribution is 2.14. The fraction of sp³-hybridized carbons (Fsp3) is 0. The SMILES string of the molecule is NC(=O)c1cccc2[nH]c(=O)oc12. The minimum Gasteiger partial charge on any atom is -0.407 e. The van der Waals surface area contributed by atoms with E-state index >= 15 is 0 Å². The molecule has 0 bridgehead atoms. The van der Waals surface area contributed by atoms with E-state index in [0.717, 1.165) is 0 Å². The van der Waals surface area contributed by atoms with Gasteiger partial charge < -0.3 is 10.2 Å². The lowest BCUT2D eigenvalue weighted by Gasteiger charge is -1.93. The van der Waals surface area contributed by atoms with E-state index in [1.54, 1.807) is 12.1 Å². The van der Waals surface area contributed by atoms with Crippen LogP contribution in [0.1, 0.15) is 10.4 Å². The maximum absolute atomic E-state index is 10.9. The van der Waals surface area contributed by atoms with E-state index in [4.69, 9.17) is 10.2 Å². The van der Waals surface area contributed by atoms with Gasteiger partial charge in [0, 0.05) is 0 Å². The number of hydrogen-bond donors (Lipinski definition) is 2. The molecule has 5 nitrogen and oxygen atoms in total. The number of para-hydroxylation sites is 1. The van der Waals surface area contributed by atoms with Crippen molar-refractivity contribution in [3.63, 3.8) is 0 Å². The van der Waals surface area contributed by atoms with Crippen molar-refractivity contribution in [2.75, 3.05) is 0 Å². The highest BCUT2D eigenvalue weighted by atomic mass is 16.4. The number of hydrogen-bond acceptors (Lipinski definition) is 3. The normalized spacial score (nSPS) is 10.5. The minimum atomic E-state index is -0.617. The topological polar surface area (TPSA) is 89.1 Å². The number of nitrogens with two attached hydrogens (primary N) is 1. The first kappa shape index (κ1) is 7.60. The highest BCUT2D eigenvalue weighted by molar-refractivity contribution is 6.03. The first-order valence-electron chi connectivity index (χ1n) is 3.60. The summed E-state index contributed by atoms with van der Waals surface area (Å²) in [7, 11) is 0. The number of nitrogens with one attached hydrogen (secondary N) is 1. The zero-order chi connectivity index (χ0) is 9.42. The molecule has 1 aromatic carbocycles. The van der Waals surface area contributed by atoms with Crippen molar-refractivity contribution < 1.29 is 9.21 Å². The Morgan fingerprint density at radius 3 is 2.92 bits per heavy atom. The van der Waals surface area contributed by atoms with Gasteiger partial charge in [-0.1, -0.05) is 6.07 Å². The monoisotopic (exact) mass is 178 g/mol.